The van der Waals surface area contributed by atoms with Crippen molar-refractivity contribution in [3.8, 4) is 11.1 Å². The molecule has 0 bridgehead atoms. The molecule has 1 heteroatoms. The highest BCUT2D eigenvalue weighted by atomic mass is 127. The second-order valence-corrected chi connectivity index (χ2v) is 6.71. The van der Waals surface area contributed by atoms with Crippen LogP contribution < -0.4 is 0 Å². The normalized spacial score (nSPS) is 22.1. The third kappa shape index (κ3) is 1.65. The molecule has 0 nitrogen and oxygen atoms in total. The first-order valence-corrected chi connectivity index (χ1v) is 8.08. The number of hydrogen-bond donors (Lipinski definition) is 0. The Hall–Kier alpha value is -1.35. The Labute approximate surface area is 133 Å². The molecule has 2 aromatic rings. The minimum atomic E-state index is 0.487. The summed E-state index contributed by atoms with van der Waals surface area (Å²) in [5.41, 5.74) is 7.23. The van der Waals surface area contributed by atoms with Crippen LogP contribution in [0.5, 0.6) is 0 Å². The molecule has 98 valence electrons. The van der Waals surface area contributed by atoms with Gasteiger partial charge in [-0.2, -0.15) is 0 Å². The van der Waals surface area contributed by atoms with E-state index in [1.807, 2.05) is 0 Å². The zero-order valence-corrected chi connectivity index (χ0v) is 13.5. The second-order valence-electron chi connectivity index (χ2n) is 5.55. The average molecular weight is 370 g/mol. The molecule has 0 heterocycles. The highest BCUT2D eigenvalue weighted by Crippen LogP contribution is 2.50. The molecule has 2 unspecified atom stereocenters. The van der Waals surface area contributed by atoms with Crippen molar-refractivity contribution in [2.75, 3.05) is 0 Å². The molecule has 0 amide bonds. The summed E-state index contributed by atoms with van der Waals surface area (Å²) >= 11 is 2.44. The Bertz CT molecular complexity index is 752. The van der Waals surface area contributed by atoms with Crippen molar-refractivity contribution in [2.45, 2.75) is 18.8 Å². The summed E-state index contributed by atoms with van der Waals surface area (Å²) in [5.74, 6) is 0.976. The number of benzene rings is 2. The Kier molecular flexibility index (Phi) is 2.84. The molecule has 20 heavy (non-hydrogen) atoms. The summed E-state index contributed by atoms with van der Waals surface area (Å²) in [6, 6.07) is 13.5. The number of halogens is 1. The lowest BCUT2D eigenvalue weighted by atomic mass is 9.69. The Balaban J connectivity index is 2.09. The molecule has 0 aromatic heterocycles. The maximum atomic E-state index is 2.44. The first kappa shape index (κ1) is 12.4. The van der Waals surface area contributed by atoms with Crippen LogP contribution in [0, 0.1) is 10.5 Å². The van der Waals surface area contributed by atoms with Gasteiger partial charge in [-0.1, -0.05) is 54.6 Å². The van der Waals surface area contributed by atoms with E-state index in [0.29, 0.717) is 11.8 Å². The van der Waals surface area contributed by atoms with Crippen LogP contribution in [-0.4, -0.2) is 0 Å². The van der Waals surface area contributed by atoms with Crippen LogP contribution in [0.1, 0.15) is 28.5 Å². The van der Waals surface area contributed by atoms with Crippen molar-refractivity contribution in [1.82, 2.24) is 0 Å². The number of hydrogen-bond acceptors (Lipinski definition) is 0. The van der Waals surface area contributed by atoms with Crippen molar-refractivity contribution < 1.29 is 0 Å². The van der Waals surface area contributed by atoms with Gasteiger partial charge in [0.05, 0.1) is 0 Å². The van der Waals surface area contributed by atoms with E-state index in [1.165, 1.54) is 31.4 Å². The first-order chi connectivity index (χ1) is 9.77. The first-order valence-electron chi connectivity index (χ1n) is 7.00. The van der Waals surface area contributed by atoms with Gasteiger partial charge < -0.3 is 0 Å². The van der Waals surface area contributed by atoms with Crippen molar-refractivity contribution in [3.63, 3.8) is 0 Å². The Morgan fingerprint density at radius 3 is 2.35 bits per heavy atom. The van der Waals surface area contributed by atoms with Gasteiger partial charge in [0.15, 0.2) is 0 Å². The molecule has 2 aliphatic rings. The third-order valence-corrected chi connectivity index (χ3v) is 5.68. The van der Waals surface area contributed by atoms with E-state index in [0.717, 1.165) is 0 Å². The largest absolute Gasteiger partial charge is 0.0761 e. The van der Waals surface area contributed by atoms with Gasteiger partial charge >= 0.3 is 0 Å². The van der Waals surface area contributed by atoms with Gasteiger partial charge in [-0.25, -0.2) is 0 Å². The predicted molar refractivity (Wildman–Crippen MR) is 93.1 cm³/mol. The molecular weight excluding hydrogens is 355 g/mol. The van der Waals surface area contributed by atoms with Crippen LogP contribution in [0.3, 0.4) is 0 Å². The fourth-order valence-corrected chi connectivity index (χ4v) is 4.01. The van der Waals surface area contributed by atoms with E-state index in [-0.39, 0.29) is 0 Å². The lowest BCUT2D eigenvalue weighted by Gasteiger charge is -2.34. The van der Waals surface area contributed by atoms with Crippen LogP contribution in [0.15, 0.2) is 60.7 Å². The molecular formula is C19H15I. The molecule has 0 saturated carbocycles. The second kappa shape index (κ2) is 4.59. The molecule has 2 aromatic carbocycles. The lowest BCUT2D eigenvalue weighted by molar-refractivity contribution is 0.719. The lowest BCUT2D eigenvalue weighted by Crippen LogP contribution is -2.17. The van der Waals surface area contributed by atoms with Crippen molar-refractivity contribution in [2.24, 2.45) is 0 Å². The van der Waals surface area contributed by atoms with E-state index in [9.17, 15) is 0 Å². The Morgan fingerprint density at radius 2 is 1.55 bits per heavy atom. The minimum Gasteiger partial charge on any atom is -0.0761 e. The highest BCUT2D eigenvalue weighted by molar-refractivity contribution is 14.1. The standard InChI is InChI=1S/C19H15I/c1-12-18(20)11-10-17-15-8-3-2-6-13(15)14-7-4-5-9-16(14)19(12)17/h2-11,13,15H,1H3. The van der Waals surface area contributed by atoms with Gasteiger partial charge in [0.1, 0.15) is 0 Å². The van der Waals surface area contributed by atoms with Crippen molar-refractivity contribution >= 4 is 22.6 Å². The molecule has 0 fully saturated rings. The summed E-state index contributed by atoms with van der Waals surface area (Å²) in [6.45, 7) is 2.25. The van der Waals surface area contributed by atoms with Gasteiger partial charge in [0.25, 0.3) is 0 Å². The summed E-state index contributed by atoms with van der Waals surface area (Å²) < 4.78 is 1.35. The molecule has 0 radical (unpaired) electrons. The zero-order valence-electron chi connectivity index (χ0n) is 11.3. The fourth-order valence-electron chi connectivity index (χ4n) is 3.56. The van der Waals surface area contributed by atoms with E-state index in [2.05, 4.69) is 90.2 Å². The molecule has 0 spiro atoms. The summed E-state index contributed by atoms with van der Waals surface area (Å²) in [5, 5.41) is 0. The monoisotopic (exact) mass is 370 g/mol. The zero-order chi connectivity index (χ0) is 13.7. The van der Waals surface area contributed by atoms with Crippen LogP contribution in [0.2, 0.25) is 0 Å². The quantitative estimate of drug-likeness (QED) is 0.532. The smallest absolute Gasteiger partial charge is 0.0165 e. The SMILES string of the molecule is Cc1c(I)ccc2c1-c1ccccc1C1C=CC=CC21. The van der Waals surface area contributed by atoms with Gasteiger partial charge in [0.2, 0.25) is 0 Å². The molecule has 2 aliphatic carbocycles. The number of rotatable bonds is 0. The van der Waals surface area contributed by atoms with E-state index < -0.39 is 0 Å². The van der Waals surface area contributed by atoms with E-state index in [4.69, 9.17) is 0 Å². The highest BCUT2D eigenvalue weighted by Gasteiger charge is 2.32. The predicted octanol–water partition coefficient (Wildman–Crippen LogP) is 5.57. The van der Waals surface area contributed by atoms with Crippen molar-refractivity contribution in [3.05, 3.63) is 81.0 Å². The fraction of sp³-hybridized carbons (Fsp3) is 0.158. The van der Waals surface area contributed by atoms with E-state index in [1.54, 1.807) is 0 Å². The topological polar surface area (TPSA) is 0 Å². The Morgan fingerprint density at radius 1 is 0.850 bits per heavy atom. The van der Waals surface area contributed by atoms with Crippen LogP contribution in [0.25, 0.3) is 11.1 Å². The van der Waals surface area contributed by atoms with Gasteiger partial charge in [-0.05, 0) is 63.4 Å². The third-order valence-electron chi connectivity index (χ3n) is 4.51. The van der Waals surface area contributed by atoms with E-state index >= 15 is 0 Å². The maximum Gasteiger partial charge on any atom is 0.0165 e. The average Bonchev–Trinajstić information content (AvgIpc) is 2.50. The molecule has 0 aliphatic heterocycles. The van der Waals surface area contributed by atoms with Crippen LogP contribution in [-0.2, 0) is 0 Å². The van der Waals surface area contributed by atoms with Crippen LogP contribution >= 0.6 is 22.6 Å². The number of allylic oxidation sites excluding steroid dienone is 4. The summed E-state index contributed by atoms with van der Waals surface area (Å²) in [4.78, 5) is 0. The van der Waals surface area contributed by atoms with Crippen LogP contribution in [0.4, 0.5) is 0 Å². The van der Waals surface area contributed by atoms with Gasteiger partial charge in [0, 0.05) is 15.4 Å². The molecule has 0 saturated heterocycles. The molecule has 0 N–H and O–H groups in total. The number of fused-ring (bicyclic) bond motifs is 6. The minimum absolute atomic E-state index is 0.487. The van der Waals surface area contributed by atoms with Crippen molar-refractivity contribution in [1.29, 1.82) is 0 Å². The van der Waals surface area contributed by atoms with Gasteiger partial charge in [-0.15, -0.1) is 0 Å². The maximum absolute atomic E-state index is 2.44. The summed E-state index contributed by atoms with van der Waals surface area (Å²) in [7, 11) is 0. The van der Waals surface area contributed by atoms with Gasteiger partial charge in [-0.3, -0.25) is 0 Å². The summed E-state index contributed by atoms with van der Waals surface area (Å²) in [6.07, 6.45) is 9.07. The molecule has 4 rings (SSSR count). The molecule has 2 atom stereocenters.